The molecular weight excluding hydrogens is 404 g/mol. The molecule has 2 aromatic carbocycles. The molecule has 0 atom stereocenters. The Hall–Kier alpha value is -3.70. The van der Waals surface area contributed by atoms with Crippen LogP contribution in [0.25, 0.3) is 11.6 Å². The van der Waals surface area contributed by atoms with Crippen molar-refractivity contribution in [3.63, 3.8) is 0 Å². The summed E-state index contributed by atoms with van der Waals surface area (Å²) in [6.07, 6.45) is 3.62. The molecule has 0 aliphatic carbocycles. The van der Waals surface area contributed by atoms with Gasteiger partial charge in [-0.25, -0.2) is 0 Å². The van der Waals surface area contributed by atoms with Crippen molar-refractivity contribution < 1.29 is 9.53 Å². The van der Waals surface area contributed by atoms with Crippen LogP contribution < -0.4 is 10.1 Å². The fraction of sp³-hybridized carbons (Fsp3) is 0.0769. The molecule has 4 rings (SSSR count). The van der Waals surface area contributed by atoms with E-state index in [1.54, 1.807) is 6.20 Å². The molecule has 0 radical (unpaired) electrons. The number of hydrogen-bond acceptors (Lipinski definition) is 4. The van der Waals surface area contributed by atoms with E-state index in [0.717, 1.165) is 27.4 Å². The van der Waals surface area contributed by atoms with Crippen molar-refractivity contribution in [1.82, 2.24) is 10.3 Å². The van der Waals surface area contributed by atoms with Crippen molar-refractivity contribution in [2.45, 2.75) is 13.2 Å². The van der Waals surface area contributed by atoms with Crippen molar-refractivity contribution in [3.05, 3.63) is 118 Å². The number of rotatable bonds is 8. The lowest BCUT2D eigenvalue weighted by atomic mass is 10.1. The molecular formula is C26H22N2O2S. The normalized spacial score (nSPS) is 11.2. The summed E-state index contributed by atoms with van der Waals surface area (Å²) in [6, 6.07) is 27.4. The highest BCUT2D eigenvalue weighted by Gasteiger charge is 2.13. The highest BCUT2D eigenvalue weighted by Crippen LogP contribution is 2.25. The van der Waals surface area contributed by atoms with Gasteiger partial charge in [0.15, 0.2) is 0 Å². The summed E-state index contributed by atoms with van der Waals surface area (Å²) in [4.78, 5) is 18.2. The predicted octanol–water partition coefficient (Wildman–Crippen LogP) is 5.58. The van der Waals surface area contributed by atoms with Crippen molar-refractivity contribution in [2.24, 2.45) is 0 Å². The van der Waals surface area contributed by atoms with Gasteiger partial charge in [0.1, 0.15) is 12.4 Å². The maximum Gasteiger partial charge on any atom is 0.253 e. The summed E-state index contributed by atoms with van der Waals surface area (Å²) in [5, 5.41) is 4.94. The van der Waals surface area contributed by atoms with Crippen LogP contribution in [0.3, 0.4) is 0 Å². The molecule has 1 N–H and O–H groups in total. The van der Waals surface area contributed by atoms with Gasteiger partial charge in [-0.2, -0.15) is 0 Å². The zero-order valence-electron chi connectivity index (χ0n) is 16.9. The summed E-state index contributed by atoms with van der Waals surface area (Å²) in [5.41, 5.74) is 3.45. The molecule has 1 amide bonds. The average Bonchev–Trinajstić information content (AvgIpc) is 3.36. The fourth-order valence-electron chi connectivity index (χ4n) is 3.05. The zero-order valence-corrected chi connectivity index (χ0v) is 17.7. The number of nitrogens with zero attached hydrogens (tertiary/aromatic N) is 1. The first kappa shape index (κ1) is 20.6. The van der Waals surface area contributed by atoms with Crippen LogP contribution in [0, 0.1) is 0 Å². The molecule has 154 valence electrons. The van der Waals surface area contributed by atoms with E-state index in [4.69, 9.17) is 4.74 Å². The Labute approximate surface area is 185 Å². The van der Waals surface area contributed by atoms with E-state index in [1.807, 2.05) is 96.4 Å². The molecule has 2 aromatic heterocycles. The van der Waals surface area contributed by atoms with Crippen LogP contribution in [0.5, 0.6) is 5.75 Å². The third-order valence-corrected chi connectivity index (χ3v) is 5.51. The Morgan fingerprint density at radius 2 is 1.84 bits per heavy atom. The molecule has 0 unspecified atom stereocenters. The second-order valence-electron chi connectivity index (χ2n) is 6.89. The highest BCUT2D eigenvalue weighted by atomic mass is 32.1. The van der Waals surface area contributed by atoms with Gasteiger partial charge in [-0.15, -0.1) is 11.3 Å². The summed E-state index contributed by atoms with van der Waals surface area (Å²) in [5.74, 6) is 0.626. The Kier molecular flexibility index (Phi) is 6.88. The van der Waals surface area contributed by atoms with Gasteiger partial charge in [0.25, 0.3) is 5.91 Å². The molecule has 0 saturated heterocycles. The van der Waals surface area contributed by atoms with E-state index in [0.29, 0.717) is 18.7 Å². The van der Waals surface area contributed by atoms with Crippen LogP contribution in [-0.4, -0.2) is 10.9 Å². The van der Waals surface area contributed by atoms with Gasteiger partial charge in [0.2, 0.25) is 0 Å². The Morgan fingerprint density at radius 1 is 0.968 bits per heavy atom. The molecule has 4 nitrogen and oxygen atoms in total. The maximum absolute atomic E-state index is 13.0. The minimum Gasteiger partial charge on any atom is -0.489 e. The monoisotopic (exact) mass is 426 g/mol. The van der Waals surface area contributed by atoms with Gasteiger partial charge >= 0.3 is 0 Å². The van der Waals surface area contributed by atoms with Gasteiger partial charge in [0, 0.05) is 11.1 Å². The van der Waals surface area contributed by atoms with E-state index in [-0.39, 0.29) is 5.91 Å². The Bertz CT molecular complexity index is 1140. The number of aromatic nitrogens is 1. The largest absolute Gasteiger partial charge is 0.489 e. The molecule has 0 fully saturated rings. The van der Waals surface area contributed by atoms with Crippen LogP contribution in [0.1, 0.15) is 21.7 Å². The maximum atomic E-state index is 13.0. The van der Waals surface area contributed by atoms with Crippen LogP contribution in [-0.2, 0) is 17.9 Å². The minimum absolute atomic E-state index is 0.135. The molecule has 0 aliphatic heterocycles. The number of carbonyl (C=O) groups excluding carboxylic acids is 1. The number of nitrogens with one attached hydrogen (secondary N) is 1. The smallest absolute Gasteiger partial charge is 0.253 e. The number of thiophene rings is 1. The lowest BCUT2D eigenvalue weighted by Gasteiger charge is -2.09. The minimum atomic E-state index is -0.135. The molecule has 2 heterocycles. The number of hydrogen-bond donors (Lipinski definition) is 1. The summed E-state index contributed by atoms with van der Waals surface area (Å²) < 4.78 is 5.94. The van der Waals surface area contributed by atoms with Crippen LogP contribution >= 0.6 is 11.3 Å². The molecule has 0 saturated carbocycles. The van der Waals surface area contributed by atoms with Gasteiger partial charge in [0.05, 0.1) is 17.8 Å². The number of amides is 1. The number of ether oxygens (including phenoxy) is 1. The molecule has 0 aliphatic rings. The van der Waals surface area contributed by atoms with Crippen molar-refractivity contribution >= 4 is 28.9 Å². The average molecular weight is 427 g/mol. The topological polar surface area (TPSA) is 51.2 Å². The molecule has 31 heavy (non-hydrogen) atoms. The van der Waals surface area contributed by atoms with Gasteiger partial charge in [-0.05, 0) is 52.9 Å². The first-order valence-electron chi connectivity index (χ1n) is 9.98. The molecule has 5 heteroatoms. The molecule has 4 aromatic rings. The van der Waals surface area contributed by atoms with Gasteiger partial charge in [-0.1, -0.05) is 54.6 Å². The van der Waals surface area contributed by atoms with Gasteiger partial charge < -0.3 is 10.1 Å². The SMILES string of the molecule is O=C(NCc1ccccn1)/C(=C/c1cccc(OCc2ccccc2)c1)c1cccs1. The van der Waals surface area contributed by atoms with E-state index < -0.39 is 0 Å². The second kappa shape index (κ2) is 10.4. The number of pyridine rings is 1. The lowest BCUT2D eigenvalue weighted by Crippen LogP contribution is -2.24. The second-order valence-corrected chi connectivity index (χ2v) is 7.83. The number of carbonyl (C=O) groups is 1. The summed E-state index contributed by atoms with van der Waals surface area (Å²) >= 11 is 1.54. The van der Waals surface area contributed by atoms with E-state index in [2.05, 4.69) is 10.3 Å². The Morgan fingerprint density at radius 3 is 2.61 bits per heavy atom. The van der Waals surface area contributed by atoms with Crippen LogP contribution in [0.2, 0.25) is 0 Å². The van der Waals surface area contributed by atoms with Crippen LogP contribution in [0.4, 0.5) is 0 Å². The molecule has 0 bridgehead atoms. The standard InChI is InChI=1S/C26H22N2O2S/c29-26(28-18-22-11-4-5-14-27-22)24(25-13-7-15-31-25)17-21-10-6-12-23(16-21)30-19-20-8-2-1-3-9-20/h1-17H,18-19H2,(H,28,29)/b24-17+. The van der Waals surface area contributed by atoms with E-state index in [1.165, 1.54) is 11.3 Å². The first-order valence-corrected chi connectivity index (χ1v) is 10.9. The third kappa shape index (κ3) is 5.90. The lowest BCUT2D eigenvalue weighted by molar-refractivity contribution is -0.115. The quantitative estimate of drug-likeness (QED) is 0.374. The van der Waals surface area contributed by atoms with E-state index >= 15 is 0 Å². The molecule has 0 spiro atoms. The summed E-state index contributed by atoms with van der Waals surface area (Å²) in [6.45, 7) is 0.874. The van der Waals surface area contributed by atoms with Crippen molar-refractivity contribution in [2.75, 3.05) is 0 Å². The highest BCUT2D eigenvalue weighted by molar-refractivity contribution is 7.11. The predicted molar refractivity (Wildman–Crippen MR) is 125 cm³/mol. The van der Waals surface area contributed by atoms with Crippen molar-refractivity contribution in [1.29, 1.82) is 0 Å². The fourth-order valence-corrected chi connectivity index (χ4v) is 3.79. The zero-order chi connectivity index (χ0) is 21.3. The Balaban J connectivity index is 1.51. The van der Waals surface area contributed by atoms with Crippen molar-refractivity contribution in [3.8, 4) is 5.75 Å². The first-order chi connectivity index (χ1) is 15.3. The third-order valence-electron chi connectivity index (χ3n) is 4.60. The number of benzene rings is 2. The van der Waals surface area contributed by atoms with Gasteiger partial charge in [-0.3, -0.25) is 9.78 Å². The van der Waals surface area contributed by atoms with E-state index in [9.17, 15) is 4.79 Å². The van der Waals surface area contributed by atoms with Crippen LogP contribution in [0.15, 0.2) is 96.5 Å². The summed E-state index contributed by atoms with van der Waals surface area (Å²) in [7, 11) is 0.